The number of thiophene rings is 2. The molecule has 0 unspecified atom stereocenters. The molecule has 4 aromatic heterocycles. The molecule has 6 heterocycles. The van der Waals surface area contributed by atoms with Crippen LogP contribution in [0.1, 0.15) is 72.0 Å². The summed E-state index contributed by atoms with van der Waals surface area (Å²) in [6, 6.07) is 19.3. The van der Waals surface area contributed by atoms with Crippen LogP contribution in [0.4, 0.5) is 0 Å². The molecule has 10 heteroatoms. The minimum Gasteiger partial charge on any atom is -0.369 e. The van der Waals surface area contributed by atoms with Gasteiger partial charge in [0.2, 0.25) is 0 Å². The molecular weight excluding hydrogens is 623 g/mol. The number of rotatable bonds is 5. The fraction of sp³-hybridized carbons (Fsp3) is 0.243. The number of hydrogen-bond donors (Lipinski definition) is 0. The lowest BCUT2D eigenvalue weighted by Gasteiger charge is -2.21. The maximum Gasteiger partial charge on any atom is 0.185 e. The van der Waals surface area contributed by atoms with Gasteiger partial charge in [-0.15, -0.1) is 49.5 Å². The van der Waals surface area contributed by atoms with E-state index in [1.54, 1.807) is 11.3 Å². The van der Waals surface area contributed by atoms with Crippen molar-refractivity contribution in [3.63, 3.8) is 0 Å². The minimum atomic E-state index is 0.417. The zero-order valence-electron chi connectivity index (χ0n) is 26.7. The average Bonchev–Trinajstić information content (AvgIpc) is 3.76. The molecule has 0 atom stereocenters. The Morgan fingerprint density at radius 3 is 2.40 bits per heavy atom. The van der Waals surface area contributed by atoms with E-state index in [4.69, 9.17) is 16.3 Å². The van der Waals surface area contributed by atoms with Crippen molar-refractivity contribution < 1.29 is 4.74 Å². The average molecular weight is 656 g/mol. The van der Waals surface area contributed by atoms with Crippen molar-refractivity contribution in [2.24, 2.45) is 0 Å². The summed E-state index contributed by atoms with van der Waals surface area (Å²) in [5.74, 6) is 6.33. The van der Waals surface area contributed by atoms with Gasteiger partial charge in [0.25, 0.3) is 0 Å². The molecule has 0 aliphatic carbocycles. The van der Waals surface area contributed by atoms with Gasteiger partial charge in [-0.25, -0.2) is 0 Å². The van der Waals surface area contributed by atoms with E-state index in [2.05, 4.69) is 110 Å². The number of benzene rings is 2. The first-order chi connectivity index (χ1) is 22.9. The van der Waals surface area contributed by atoms with Crippen LogP contribution in [0.25, 0.3) is 21.8 Å². The van der Waals surface area contributed by atoms with E-state index in [9.17, 15) is 0 Å². The number of aromatic nitrogens is 6. The monoisotopic (exact) mass is 655 g/mol. The molecule has 0 amide bonds. The summed E-state index contributed by atoms with van der Waals surface area (Å²) < 4.78 is 10.4. The third kappa shape index (κ3) is 5.02. The summed E-state index contributed by atoms with van der Waals surface area (Å²) in [5, 5.41) is 20.2. The number of fused-ring (bicyclic) bond motifs is 6. The fourth-order valence-electron chi connectivity index (χ4n) is 6.72. The maximum atomic E-state index is 6.11. The Morgan fingerprint density at radius 1 is 0.830 bits per heavy atom. The van der Waals surface area contributed by atoms with Crippen molar-refractivity contribution >= 4 is 34.4 Å². The highest BCUT2D eigenvalue weighted by Crippen LogP contribution is 2.41. The van der Waals surface area contributed by atoms with Crippen molar-refractivity contribution in [3.05, 3.63) is 127 Å². The van der Waals surface area contributed by atoms with E-state index in [0.29, 0.717) is 19.6 Å². The van der Waals surface area contributed by atoms with Crippen LogP contribution in [0, 0.1) is 33.1 Å². The van der Waals surface area contributed by atoms with E-state index >= 15 is 0 Å². The zero-order valence-corrected chi connectivity index (χ0v) is 28.4. The molecule has 0 fully saturated rings. The summed E-state index contributed by atoms with van der Waals surface area (Å²) in [4.78, 5) is 4.56. The summed E-state index contributed by atoms with van der Waals surface area (Å²) in [6.07, 6.45) is 9.94. The topological polar surface area (TPSA) is 73.9 Å². The van der Waals surface area contributed by atoms with Crippen LogP contribution < -0.4 is 0 Å². The molecule has 47 heavy (non-hydrogen) atoms. The Bertz CT molecular complexity index is 2230. The number of hydrogen-bond acceptors (Lipinski definition) is 8. The van der Waals surface area contributed by atoms with E-state index < -0.39 is 0 Å². The maximum absolute atomic E-state index is 6.11. The largest absolute Gasteiger partial charge is 0.369 e. The lowest BCUT2D eigenvalue weighted by atomic mass is 9.96. The standard InChI is InChI=1S/C37H33N7OS2/c1-6-33-29(31-20-45-21-34-40-38-23(3)43(34)37(31)47-33)17-26-14-10-11-15-27(26)18-32-35-41-39-24(4)44(35)36-30(19-42(32)5)28(22(2)46-36)16-25-12-8-7-9-13-25/h1,7-15,18H,16-17,19-21H2,2-5H3/b32-18+. The number of terminal acetylenes is 1. The van der Waals surface area contributed by atoms with Gasteiger partial charge in [-0.2, -0.15) is 0 Å². The normalized spacial score (nSPS) is 14.6. The van der Waals surface area contributed by atoms with Crippen LogP contribution in [-0.2, 0) is 37.3 Å². The summed E-state index contributed by atoms with van der Waals surface area (Å²) in [6.45, 7) is 7.91. The third-order valence-corrected chi connectivity index (χ3v) is 11.5. The Balaban J connectivity index is 1.21. The van der Waals surface area contributed by atoms with Gasteiger partial charge in [-0.3, -0.25) is 9.13 Å². The molecule has 0 N–H and O–H groups in total. The van der Waals surface area contributed by atoms with Crippen LogP contribution in [0.15, 0.2) is 54.6 Å². The molecule has 2 aliphatic heterocycles. The van der Waals surface area contributed by atoms with Crippen LogP contribution in [0.2, 0.25) is 0 Å². The van der Waals surface area contributed by atoms with Gasteiger partial charge in [0, 0.05) is 36.0 Å². The second kappa shape index (κ2) is 11.8. The Labute approximate surface area is 282 Å². The molecule has 0 spiro atoms. The van der Waals surface area contributed by atoms with E-state index in [0.717, 1.165) is 68.5 Å². The van der Waals surface area contributed by atoms with Gasteiger partial charge in [0.05, 0.1) is 17.2 Å². The van der Waals surface area contributed by atoms with Gasteiger partial charge in [-0.05, 0) is 61.1 Å². The van der Waals surface area contributed by atoms with Crippen molar-refractivity contribution in [3.8, 4) is 22.3 Å². The molecule has 2 aromatic carbocycles. The molecule has 8 nitrogen and oxygen atoms in total. The zero-order chi connectivity index (χ0) is 32.2. The van der Waals surface area contributed by atoms with Crippen LogP contribution in [-0.4, -0.2) is 41.5 Å². The van der Waals surface area contributed by atoms with Gasteiger partial charge >= 0.3 is 0 Å². The van der Waals surface area contributed by atoms with Crippen molar-refractivity contribution in [2.75, 3.05) is 7.05 Å². The quantitative estimate of drug-likeness (QED) is 0.186. The molecule has 0 saturated heterocycles. The molecule has 0 radical (unpaired) electrons. The Morgan fingerprint density at radius 2 is 1.57 bits per heavy atom. The van der Waals surface area contributed by atoms with Crippen molar-refractivity contribution in [2.45, 2.75) is 53.4 Å². The first-order valence-electron chi connectivity index (χ1n) is 15.6. The second-order valence-corrected chi connectivity index (χ2v) is 14.3. The highest BCUT2D eigenvalue weighted by molar-refractivity contribution is 7.15. The van der Waals surface area contributed by atoms with Crippen molar-refractivity contribution in [1.82, 2.24) is 34.4 Å². The van der Waals surface area contributed by atoms with E-state index in [-0.39, 0.29) is 0 Å². The molecule has 6 aromatic rings. The predicted octanol–water partition coefficient (Wildman–Crippen LogP) is 7.03. The Kier molecular flexibility index (Phi) is 7.40. The van der Waals surface area contributed by atoms with Crippen LogP contribution in [0.5, 0.6) is 0 Å². The molecule has 0 saturated carbocycles. The van der Waals surface area contributed by atoms with Gasteiger partial charge < -0.3 is 9.64 Å². The third-order valence-electron chi connectivity index (χ3n) is 9.10. The predicted molar refractivity (Wildman–Crippen MR) is 187 cm³/mol. The fourth-order valence-corrected chi connectivity index (χ4v) is 9.16. The minimum absolute atomic E-state index is 0.417. The highest BCUT2D eigenvalue weighted by atomic mass is 32.1. The van der Waals surface area contributed by atoms with Gasteiger partial charge in [-0.1, -0.05) is 60.5 Å². The van der Waals surface area contributed by atoms with Crippen LogP contribution >= 0.6 is 22.7 Å². The first kappa shape index (κ1) is 29.6. The lowest BCUT2D eigenvalue weighted by Crippen LogP contribution is -2.16. The highest BCUT2D eigenvalue weighted by Gasteiger charge is 2.30. The van der Waals surface area contributed by atoms with Crippen LogP contribution in [0.3, 0.4) is 0 Å². The molecule has 234 valence electrons. The second-order valence-electron chi connectivity index (χ2n) is 12.1. The van der Waals surface area contributed by atoms with E-state index in [1.165, 1.54) is 32.1 Å². The SMILES string of the molecule is C#Cc1sc2c(c1Cc1ccccc1/C=C1\c3nnc(C)n3-c3sc(C)c(Cc4ccccc4)c3CN1C)COCc1nnc(C)n1-2. The lowest BCUT2D eigenvalue weighted by molar-refractivity contribution is 0.104. The van der Waals surface area contributed by atoms with Gasteiger partial charge in [0.1, 0.15) is 28.3 Å². The summed E-state index contributed by atoms with van der Waals surface area (Å²) in [5.41, 5.74) is 9.59. The molecular formula is C37H33N7OS2. The summed E-state index contributed by atoms with van der Waals surface area (Å²) in [7, 11) is 2.16. The number of aryl methyl sites for hydroxylation is 3. The summed E-state index contributed by atoms with van der Waals surface area (Å²) >= 11 is 3.45. The smallest absolute Gasteiger partial charge is 0.185 e. The number of nitrogens with zero attached hydrogens (tertiary/aromatic N) is 7. The van der Waals surface area contributed by atoms with Crippen molar-refractivity contribution in [1.29, 1.82) is 0 Å². The van der Waals surface area contributed by atoms with E-state index in [1.807, 2.05) is 25.2 Å². The first-order valence-corrected chi connectivity index (χ1v) is 17.2. The molecule has 2 aliphatic rings. The Hall–Kier alpha value is -4.82. The number of ether oxygens (including phenoxy) is 1. The molecule has 0 bridgehead atoms. The molecule has 8 rings (SSSR count). The van der Waals surface area contributed by atoms with Gasteiger partial charge in [0.15, 0.2) is 11.6 Å².